The molecule has 0 aliphatic carbocycles. The van der Waals surface area contributed by atoms with Gasteiger partial charge in [0.15, 0.2) is 9.84 Å². The van der Waals surface area contributed by atoms with Gasteiger partial charge in [-0.3, -0.25) is 10.1 Å². The minimum Gasteiger partial charge on any atom is -0.450 e. The molecule has 0 N–H and O–H groups in total. The summed E-state index contributed by atoms with van der Waals surface area (Å²) in [5, 5.41) is 18.8. The molecule has 0 atom stereocenters. The number of nitro groups is 1. The van der Waals surface area contributed by atoms with Crippen molar-refractivity contribution in [1.82, 2.24) is 15.0 Å². The summed E-state index contributed by atoms with van der Waals surface area (Å²) in [5.74, 6) is 0.274. The summed E-state index contributed by atoms with van der Waals surface area (Å²) in [6, 6.07) is 10.2. The molecule has 10 heteroatoms. The average molecular weight is 360 g/mol. The van der Waals surface area contributed by atoms with Crippen molar-refractivity contribution in [3.05, 3.63) is 65.0 Å². The van der Waals surface area contributed by atoms with Gasteiger partial charge in [-0.15, -0.1) is 5.10 Å². The Balaban J connectivity index is 1.98. The molecule has 1 heterocycles. The Labute approximate surface area is 142 Å². The Hall–Kier alpha value is -3.27. The molecule has 0 radical (unpaired) electrons. The third kappa shape index (κ3) is 3.63. The van der Waals surface area contributed by atoms with Gasteiger partial charge in [-0.25, -0.2) is 13.1 Å². The zero-order chi connectivity index (χ0) is 18.0. The molecular formula is C15H12N4O5S. The van der Waals surface area contributed by atoms with Crippen LogP contribution in [-0.4, -0.2) is 34.6 Å². The zero-order valence-electron chi connectivity index (χ0n) is 12.9. The Morgan fingerprint density at radius 3 is 2.64 bits per heavy atom. The lowest BCUT2D eigenvalue weighted by Gasteiger charge is -2.09. The van der Waals surface area contributed by atoms with Crippen LogP contribution in [0.3, 0.4) is 0 Å². The van der Waals surface area contributed by atoms with E-state index in [1.165, 1.54) is 23.0 Å². The quantitative estimate of drug-likeness (QED) is 0.506. The predicted octanol–water partition coefficient (Wildman–Crippen LogP) is 2.37. The molecule has 0 unspecified atom stereocenters. The molecule has 3 rings (SSSR count). The monoisotopic (exact) mass is 360 g/mol. The number of aromatic nitrogens is 3. The highest BCUT2D eigenvalue weighted by atomic mass is 32.2. The number of rotatable bonds is 5. The van der Waals surface area contributed by atoms with Crippen LogP contribution in [0, 0.1) is 10.1 Å². The predicted molar refractivity (Wildman–Crippen MR) is 87.6 cm³/mol. The third-order valence-corrected chi connectivity index (χ3v) is 4.40. The van der Waals surface area contributed by atoms with E-state index in [1.54, 1.807) is 30.5 Å². The molecule has 0 aliphatic rings. The van der Waals surface area contributed by atoms with Gasteiger partial charge >= 0.3 is 5.69 Å². The fraction of sp³-hybridized carbons (Fsp3) is 0.0667. The SMILES string of the molecule is CS(=O)(=O)c1ccc(Oc2cccc(-n3ccnn3)c2)c([N+](=O)[O-])c1. The maximum absolute atomic E-state index is 11.6. The van der Waals surface area contributed by atoms with Gasteiger partial charge in [0.1, 0.15) is 5.75 Å². The molecule has 0 fully saturated rings. The lowest BCUT2D eigenvalue weighted by molar-refractivity contribution is -0.385. The second kappa shape index (κ2) is 6.32. The van der Waals surface area contributed by atoms with E-state index in [-0.39, 0.29) is 10.6 Å². The summed E-state index contributed by atoms with van der Waals surface area (Å²) in [6.45, 7) is 0. The van der Waals surface area contributed by atoms with Crippen LogP contribution >= 0.6 is 0 Å². The van der Waals surface area contributed by atoms with Crippen molar-refractivity contribution in [3.63, 3.8) is 0 Å². The number of ether oxygens (including phenoxy) is 1. The van der Waals surface area contributed by atoms with Gasteiger partial charge in [0.25, 0.3) is 0 Å². The first kappa shape index (κ1) is 16.6. The molecule has 25 heavy (non-hydrogen) atoms. The largest absolute Gasteiger partial charge is 0.450 e. The van der Waals surface area contributed by atoms with Crippen molar-refractivity contribution >= 4 is 15.5 Å². The summed E-state index contributed by atoms with van der Waals surface area (Å²) in [6.07, 6.45) is 4.14. The Bertz CT molecular complexity index is 1030. The van der Waals surface area contributed by atoms with Gasteiger partial charge in [-0.2, -0.15) is 0 Å². The zero-order valence-corrected chi connectivity index (χ0v) is 13.8. The molecule has 3 aromatic rings. The molecule has 128 valence electrons. The minimum absolute atomic E-state index is 0.0619. The van der Waals surface area contributed by atoms with Crippen molar-refractivity contribution in [2.45, 2.75) is 4.90 Å². The maximum atomic E-state index is 11.6. The standard InChI is InChI=1S/C15H12N4O5S/c1-25(22,23)13-5-6-15(14(10-13)19(20)21)24-12-4-2-3-11(9-12)18-8-7-16-17-18/h2-10H,1H3. The van der Waals surface area contributed by atoms with E-state index in [0.717, 1.165) is 12.3 Å². The van der Waals surface area contributed by atoms with Crippen LogP contribution in [0.5, 0.6) is 11.5 Å². The topological polar surface area (TPSA) is 117 Å². The first-order chi connectivity index (χ1) is 11.8. The summed E-state index contributed by atoms with van der Waals surface area (Å²) in [4.78, 5) is 10.4. The lowest BCUT2D eigenvalue weighted by atomic mass is 10.2. The molecule has 0 spiro atoms. The van der Waals surface area contributed by atoms with Crippen molar-refractivity contribution in [3.8, 4) is 17.2 Å². The van der Waals surface area contributed by atoms with Crippen molar-refractivity contribution in [2.75, 3.05) is 6.26 Å². The van der Waals surface area contributed by atoms with Gasteiger partial charge in [0, 0.05) is 18.4 Å². The van der Waals surface area contributed by atoms with Crippen LogP contribution in [0.15, 0.2) is 59.8 Å². The molecule has 0 bridgehead atoms. The average Bonchev–Trinajstić information content (AvgIpc) is 3.09. The van der Waals surface area contributed by atoms with Crippen LogP contribution in [0.4, 0.5) is 5.69 Å². The van der Waals surface area contributed by atoms with Crippen molar-refractivity contribution in [1.29, 1.82) is 0 Å². The van der Waals surface area contributed by atoms with Gasteiger partial charge in [0.05, 0.1) is 27.9 Å². The first-order valence-corrected chi connectivity index (χ1v) is 8.87. The maximum Gasteiger partial charge on any atom is 0.312 e. The number of hydrogen-bond donors (Lipinski definition) is 0. The number of hydrogen-bond acceptors (Lipinski definition) is 7. The lowest BCUT2D eigenvalue weighted by Crippen LogP contribution is -2.00. The third-order valence-electron chi connectivity index (χ3n) is 3.29. The molecule has 0 saturated carbocycles. The van der Waals surface area contributed by atoms with E-state index in [4.69, 9.17) is 4.74 Å². The van der Waals surface area contributed by atoms with Crippen molar-refractivity contribution < 1.29 is 18.1 Å². The number of sulfone groups is 1. The Kier molecular flexibility index (Phi) is 4.19. The molecule has 2 aromatic carbocycles. The Morgan fingerprint density at radius 1 is 1.20 bits per heavy atom. The Morgan fingerprint density at radius 2 is 2.00 bits per heavy atom. The highest BCUT2D eigenvalue weighted by molar-refractivity contribution is 7.90. The van der Waals surface area contributed by atoms with Crippen LogP contribution < -0.4 is 4.74 Å². The number of nitro benzene ring substituents is 1. The molecule has 0 saturated heterocycles. The molecular weight excluding hydrogens is 348 g/mol. The van der Waals surface area contributed by atoms with Crippen LogP contribution in [0.25, 0.3) is 5.69 Å². The van der Waals surface area contributed by atoms with Crippen LogP contribution in [-0.2, 0) is 9.84 Å². The highest BCUT2D eigenvalue weighted by Crippen LogP contribution is 2.33. The number of benzene rings is 2. The second-order valence-electron chi connectivity index (χ2n) is 5.11. The van der Waals surface area contributed by atoms with Crippen LogP contribution in [0.1, 0.15) is 0 Å². The second-order valence-corrected chi connectivity index (χ2v) is 7.12. The summed E-state index contributed by atoms with van der Waals surface area (Å²) in [5.41, 5.74) is 0.222. The molecule has 0 amide bonds. The van der Waals surface area contributed by atoms with Gasteiger partial charge in [0.2, 0.25) is 5.75 Å². The van der Waals surface area contributed by atoms with E-state index in [2.05, 4.69) is 10.3 Å². The van der Waals surface area contributed by atoms with E-state index < -0.39 is 20.4 Å². The molecule has 1 aromatic heterocycles. The first-order valence-electron chi connectivity index (χ1n) is 6.98. The fourth-order valence-electron chi connectivity index (χ4n) is 2.12. The normalized spacial score (nSPS) is 11.2. The van der Waals surface area contributed by atoms with Gasteiger partial charge in [-0.05, 0) is 24.3 Å². The van der Waals surface area contributed by atoms with E-state index in [0.29, 0.717) is 11.4 Å². The van der Waals surface area contributed by atoms with Gasteiger partial charge < -0.3 is 4.74 Å². The van der Waals surface area contributed by atoms with E-state index in [1.807, 2.05) is 0 Å². The fourth-order valence-corrected chi connectivity index (χ4v) is 2.76. The van der Waals surface area contributed by atoms with E-state index >= 15 is 0 Å². The summed E-state index contributed by atoms with van der Waals surface area (Å²) < 4.78 is 30.2. The summed E-state index contributed by atoms with van der Waals surface area (Å²) >= 11 is 0. The van der Waals surface area contributed by atoms with Crippen molar-refractivity contribution in [2.24, 2.45) is 0 Å². The number of nitrogens with zero attached hydrogens (tertiary/aromatic N) is 4. The molecule has 9 nitrogen and oxygen atoms in total. The smallest absolute Gasteiger partial charge is 0.312 e. The summed E-state index contributed by atoms with van der Waals surface area (Å²) in [7, 11) is -3.56. The van der Waals surface area contributed by atoms with E-state index in [9.17, 15) is 18.5 Å². The van der Waals surface area contributed by atoms with Gasteiger partial charge in [-0.1, -0.05) is 11.3 Å². The highest BCUT2D eigenvalue weighted by Gasteiger charge is 2.20. The minimum atomic E-state index is -3.56. The van der Waals surface area contributed by atoms with Crippen LogP contribution in [0.2, 0.25) is 0 Å². The molecule has 0 aliphatic heterocycles.